The van der Waals surface area contributed by atoms with Crippen molar-refractivity contribution in [3.05, 3.63) is 81.9 Å². The van der Waals surface area contributed by atoms with Crippen molar-refractivity contribution in [2.45, 2.75) is 11.7 Å². The number of aromatic nitrogens is 3. The number of nitrogens with zero attached hydrogens (tertiary/aromatic N) is 4. The van der Waals surface area contributed by atoms with Gasteiger partial charge in [0.05, 0.1) is 10.7 Å². The second-order valence-electron chi connectivity index (χ2n) is 6.52. The molecule has 31 heavy (non-hydrogen) atoms. The van der Waals surface area contributed by atoms with Crippen molar-refractivity contribution in [1.82, 2.24) is 14.8 Å². The van der Waals surface area contributed by atoms with Crippen molar-refractivity contribution in [1.29, 1.82) is 0 Å². The molecule has 0 N–H and O–H groups in total. The number of fused-ring (bicyclic) bond motifs is 1. The Labute approximate surface area is 185 Å². The SMILES string of the molecule is C=CCn1c(SCC(=O)c2cccc([N+](=O)[O-])c2)nnc1-c1cc2cc(Cl)ccc2o1. The summed E-state index contributed by atoms with van der Waals surface area (Å²) in [5.74, 6) is 0.814. The highest BCUT2D eigenvalue weighted by Gasteiger charge is 2.19. The quantitative estimate of drug-likeness (QED) is 0.115. The molecule has 8 nitrogen and oxygen atoms in total. The van der Waals surface area contributed by atoms with Gasteiger partial charge in [-0.25, -0.2) is 0 Å². The lowest BCUT2D eigenvalue weighted by molar-refractivity contribution is -0.384. The number of nitro benzene ring substituents is 1. The number of halogens is 1. The van der Waals surface area contributed by atoms with Crippen molar-refractivity contribution in [2.24, 2.45) is 0 Å². The Hall–Kier alpha value is -3.43. The van der Waals surface area contributed by atoms with E-state index in [2.05, 4.69) is 16.8 Å². The Morgan fingerprint density at radius 1 is 1.26 bits per heavy atom. The van der Waals surface area contributed by atoms with E-state index in [0.717, 1.165) is 5.39 Å². The fourth-order valence-corrected chi connectivity index (χ4v) is 4.03. The first-order valence-corrected chi connectivity index (χ1v) is 10.5. The van der Waals surface area contributed by atoms with E-state index >= 15 is 0 Å². The number of furan rings is 1. The maximum absolute atomic E-state index is 12.5. The lowest BCUT2D eigenvalue weighted by Crippen LogP contribution is -2.06. The summed E-state index contributed by atoms with van der Waals surface area (Å²) in [6.07, 6.45) is 1.69. The first kappa shape index (κ1) is 20.8. The van der Waals surface area contributed by atoms with Gasteiger partial charge in [0, 0.05) is 34.6 Å². The molecule has 0 saturated carbocycles. The van der Waals surface area contributed by atoms with Crippen LogP contribution in [0.3, 0.4) is 0 Å². The summed E-state index contributed by atoms with van der Waals surface area (Å²) in [5.41, 5.74) is 0.812. The van der Waals surface area contributed by atoms with E-state index in [-0.39, 0.29) is 22.8 Å². The summed E-state index contributed by atoms with van der Waals surface area (Å²) in [6, 6.07) is 12.8. The highest BCUT2D eigenvalue weighted by Crippen LogP contribution is 2.31. The molecule has 4 rings (SSSR count). The van der Waals surface area contributed by atoms with Crippen LogP contribution in [0.1, 0.15) is 10.4 Å². The van der Waals surface area contributed by atoms with Crippen LogP contribution >= 0.6 is 23.4 Å². The van der Waals surface area contributed by atoms with Crippen LogP contribution in [-0.2, 0) is 6.54 Å². The van der Waals surface area contributed by atoms with Crippen molar-refractivity contribution >= 4 is 45.8 Å². The minimum atomic E-state index is -0.530. The van der Waals surface area contributed by atoms with Gasteiger partial charge < -0.3 is 4.42 Å². The number of carbonyl (C=O) groups excluding carboxylic acids is 1. The standard InChI is InChI=1S/C21H15ClN4O4S/c1-2-8-25-20(19-11-14-9-15(22)6-7-18(14)30-19)23-24-21(25)31-12-17(27)13-4-3-5-16(10-13)26(28)29/h2-7,9-11H,1,8,12H2. The first-order chi connectivity index (χ1) is 15.0. The topological polar surface area (TPSA) is 104 Å². The molecule has 0 saturated heterocycles. The molecule has 0 radical (unpaired) electrons. The fraction of sp³-hybridized carbons (Fsp3) is 0.0952. The summed E-state index contributed by atoms with van der Waals surface area (Å²) in [7, 11) is 0. The minimum absolute atomic E-state index is 0.0478. The molecule has 0 unspecified atom stereocenters. The molecule has 156 valence electrons. The van der Waals surface area contributed by atoms with Crippen molar-refractivity contribution in [2.75, 3.05) is 5.75 Å². The summed E-state index contributed by atoms with van der Waals surface area (Å²) < 4.78 is 7.67. The highest BCUT2D eigenvalue weighted by molar-refractivity contribution is 7.99. The lowest BCUT2D eigenvalue weighted by atomic mass is 10.1. The van der Waals surface area contributed by atoms with Crippen LogP contribution in [0.5, 0.6) is 0 Å². The van der Waals surface area contributed by atoms with Crippen LogP contribution in [-0.4, -0.2) is 31.2 Å². The second kappa shape index (κ2) is 8.75. The maximum Gasteiger partial charge on any atom is 0.270 e. The number of non-ortho nitro benzene ring substituents is 1. The number of Topliss-reactive ketones (excluding diaryl/α,β-unsaturated/α-hetero) is 1. The largest absolute Gasteiger partial charge is 0.453 e. The normalized spacial score (nSPS) is 11.0. The Bertz CT molecular complexity index is 1310. The molecule has 4 aromatic rings. The fourth-order valence-electron chi connectivity index (χ4n) is 3.00. The van der Waals surface area contributed by atoms with Gasteiger partial charge in [-0.3, -0.25) is 19.5 Å². The molecule has 2 heterocycles. The van der Waals surface area contributed by atoms with Gasteiger partial charge in [0.1, 0.15) is 5.58 Å². The molecule has 0 fully saturated rings. The Balaban J connectivity index is 1.58. The van der Waals surface area contributed by atoms with Crippen molar-refractivity contribution in [3.8, 4) is 11.6 Å². The van der Waals surface area contributed by atoms with E-state index in [1.807, 2.05) is 6.07 Å². The summed E-state index contributed by atoms with van der Waals surface area (Å²) in [5, 5.41) is 21.3. The Morgan fingerprint density at radius 3 is 2.87 bits per heavy atom. The summed E-state index contributed by atoms with van der Waals surface area (Å²) in [6.45, 7) is 4.18. The number of carbonyl (C=O) groups is 1. The molecular weight excluding hydrogens is 440 g/mol. The van der Waals surface area contributed by atoms with Gasteiger partial charge in [-0.1, -0.05) is 41.6 Å². The summed E-state index contributed by atoms with van der Waals surface area (Å²) >= 11 is 7.24. The van der Waals surface area contributed by atoms with E-state index in [1.165, 1.54) is 30.0 Å². The second-order valence-corrected chi connectivity index (χ2v) is 7.90. The average molecular weight is 455 g/mol. The molecule has 0 bridgehead atoms. The molecule has 0 spiro atoms. The summed E-state index contributed by atoms with van der Waals surface area (Å²) in [4.78, 5) is 22.9. The number of ketones is 1. The predicted molar refractivity (Wildman–Crippen MR) is 119 cm³/mol. The minimum Gasteiger partial charge on any atom is -0.453 e. The third kappa shape index (κ3) is 4.37. The highest BCUT2D eigenvalue weighted by atomic mass is 35.5. The molecule has 0 aliphatic carbocycles. The lowest BCUT2D eigenvalue weighted by Gasteiger charge is -2.06. The zero-order valence-electron chi connectivity index (χ0n) is 16.0. The zero-order valence-corrected chi connectivity index (χ0v) is 17.6. The molecule has 2 aromatic heterocycles. The maximum atomic E-state index is 12.5. The van der Waals surface area contributed by atoms with Crippen LogP contribution in [0, 0.1) is 10.1 Å². The first-order valence-electron chi connectivity index (χ1n) is 9.10. The third-order valence-electron chi connectivity index (χ3n) is 4.44. The number of nitro groups is 1. The molecular formula is C21H15ClN4O4S. The van der Waals surface area contributed by atoms with Crippen molar-refractivity contribution in [3.63, 3.8) is 0 Å². The number of rotatable bonds is 8. The van der Waals surface area contributed by atoms with Crippen molar-refractivity contribution < 1.29 is 14.1 Å². The number of allylic oxidation sites excluding steroid dienone is 1. The molecule has 10 heteroatoms. The van der Waals surface area contributed by atoms with E-state index in [1.54, 1.807) is 34.9 Å². The van der Waals surface area contributed by atoms with E-state index in [4.69, 9.17) is 16.0 Å². The Kier molecular flexibility index (Phi) is 5.88. The van der Waals surface area contributed by atoms with Crippen LogP contribution in [0.2, 0.25) is 5.02 Å². The zero-order chi connectivity index (χ0) is 22.0. The molecule has 0 atom stereocenters. The van der Waals surface area contributed by atoms with Crippen LogP contribution in [0.15, 0.2) is 70.8 Å². The van der Waals surface area contributed by atoms with E-state index in [9.17, 15) is 14.9 Å². The van der Waals surface area contributed by atoms with Gasteiger partial charge >= 0.3 is 0 Å². The third-order valence-corrected chi connectivity index (χ3v) is 5.64. The van der Waals surface area contributed by atoms with Gasteiger partial charge in [-0.15, -0.1) is 16.8 Å². The number of thioether (sulfide) groups is 1. The van der Waals surface area contributed by atoms with Gasteiger partial charge in [-0.05, 0) is 24.3 Å². The van der Waals surface area contributed by atoms with Gasteiger partial charge in [-0.2, -0.15) is 0 Å². The van der Waals surface area contributed by atoms with Gasteiger partial charge in [0.2, 0.25) is 5.82 Å². The van der Waals surface area contributed by atoms with Crippen LogP contribution in [0.25, 0.3) is 22.6 Å². The Morgan fingerprint density at radius 2 is 2.10 bits per heavy atom. The monoisotopic (exact) mass is 454 g/mol. The molecule has 0 aliphatic rings. The molecule has 0 aliphatic heterocycles. The predicted octanol–water partition coefficient (Wildman–Crippen LogP) is 5.41. The van der Waals surface area contributed by atoms with Gasteiger partial charge in [0.15, 0.2) is 16.7 Å². The smallest absolute Gasteiger partial charge is 0.270 e. The van der Waals surface area contributed by atoms with Gasteiger partial charge in [0.25, 0.3) is 5.69 Å². The molecule has 2 aromatic carbocycles. The van der Waals surface area contributed by atoms with Crippen LogP contribution in [0.4, 0.5) is 5.69 Å². The number of hydrogen-bond donors (Lipinski definition) is 0. The van der Waals surface area contributed by atoms with E-state index < -0.39 is 4.92 Å². The average Bonchev–Trinajstić information content (AvgIpc) is 3.35. The van der Waals surface area contributed by atoms with Crippen LogP contribution < -0.4 is 0 Å². The number of hydrogen-bond acceptors (Lipinski definition) is 7. The molecule has 0 amide bonds. The van der Waals surface area contributed by atoms with E-state index in [0.29, 0.717) is 33.9 Å². The number of benzene rings is 2.